The van der Waals surface area contributed by atoms with Gasteiger partial charge in [-0.05, 0) is 36.6 Å². The number of anilines is 2. The summed E-state index contributed by atoms with van der Waals surface area (Å²) in [7, 11) is 0. The van der Waals surface area contributed by atoms with Crippen molar-refractivity contribution in [2.45, 2.75) is 25.0 Å². The number of thioether (sulfide) groups is 1. The number of rotatable bonds is 5. The summed E-state index contributed by atoms with van der Waals surface area (Å²) in [5, 5.41) is 13.3. The van der Waals surface area contributed by atoms with Crippen molar-refractivity contribution >= 4 is 39.3 Å². The first kappa shape index (κ1) is 21.0. The molecule has 0 radical (unpaired) electrons. The average molecular weight is 439 g/mol. The Kier molecular flexibility index (Phi) is 5.74. The van der Waals surface area contributed by atoms with E-state index in [4.69, 9.17) is 11.0 Å². The number of aliphatic imine (C=N–C) groups is 1. The van der Waals surface area contributed by atoms with Crippen LogP contribution in [0.1, 0.15) is 30.9 Å². The summed E-state index contributed by atoms with van der Waals surface area (Å²) in [5.41, 5.74) is 7.53. The molecule has 6 nitrogen and oxygen atoms in total. The first-order chi connectivity index (χ1) is 14.9. The molecule has 2 heterocycles. The van der Waals surface area contributed by atoms with Crippen molar-refractivity contribution in [1.82, 2.24) is 9.97 Å². The number of amidine groups is 1. The lowest BCUT2D eigenvalue weighted by molar-refractivity contribution is 0.498. The highest BCUT2D eigenvalue weighted by Gasteiger charge is 2.50. The molecule has 1 aliphatic rings. The van der Waals surface area contributed by atoms with Crippen molar-refractivity contribution in [2.75, 3.05) is 11.9 Å². The van der Waals surface area contributed by atoms with Gasteiger partial charge in [0.2, 0.25) is 0 Å². The molecule has 31 heavy (non-hydrogen) atoms. The van der Waals surface area contributed by atoms with Gasteiger partial charge >= 0.3 is 0 Å². The van der Waals surface area contributed by atoms with Gasteiger partial charge in [-0.3, -0.25) is 9.98 Å². The maximum Gasteiger partial charge on any atom is 0.162 e. The maximum absolute atomic E-state index is 14.6. The monoisotopic (exact) mass is 438 g/mol. The Morgan fingerprint density at radius 2 is 2.13 bits per heavy atom. The number of hydrogen-bond acceptors (Lipinski definition) is 6. The van der Waals surface area contributed by atoms with Crippen molar-refractivity contribution in [1.29, 1.82) is 5.26 Å². The van der Waals surface area contributed by atoms with Gasteiger partial charge in [0.05, 0.1) is 5.56 Å². The van der Waals surface area contributed by atoms with Gasteiger partial charge in [-0.2, -0.15) is 5.26 Å². The van der Waals surface area contributed by atoms with E-state index >= 15 is 0 Å². The fraction of sp³-hybridized carbons (Fsp3) is 0.273. The fourth-order valence-corrected chi connectivity index (χ4v) is 4.99. The van der Waals surface area contributed by atoms with E-state index in [2.05, 4.69) is 20.3 Å². The van der Waals surface area contributed by atoms with Gasteiger partial charge in [0.15, 0.2) is 22.6 Å². The smallest absolute Gasteiger partial charge is 0.162 e. The summed E-state index contributed by atoms with van der Waals surface area (Å²) in [6.07, 6.45) is 3.02. The number of nitrogens with zero attached hydrogens (tertiary/aromatic N) is 4. The lowest BCUT2D eigenvalue weighted by Gasteiger charge is -2.11. The van der Waals surface area contributed by atoms with E-state index in [1.165, 1.54) is 18.0 Å². The number of nitrogens with two attached hydrogens (primary N) is 1. The molecule has 3 N–H and O–H groups in total. The second-order valence-electron chi connectivity index (χ2n) is 7.33. The minimum atomic E-state index is -0.932. The Morgan fingerprint density at radius 3 is 2.87 bits per heavy atom. The molecule has 2 unspecified atom stereocenters. The van der Waals surface area contributed by atoms with Crippen LogP contribution in [0.4, 0.5) is 20.3 Å². The molecule has 1 aromatic carbocycles. The summed E-state index contributed by atoms with van der Waals surface area (Å²) in [6.45, 7) is 4.46. The molecule has 1 saturated carbocycles. The van der Waals surface area contributed by atoms with Gasteiger partial charge in [0, 0.05) is 47.2 Å². The topological polar surface area (TPSA) is 100.0 Å². The Bertz CT molecular complexity index is 1220. The lowest BCUT2D eigenvalue weighted by atomic mass is 10.1. The summed E-state index contributed by atoms with van der Waals surface area (Å²) in [5.74, 6) is -1.41. The molecule has 0 saturated heterocycles. The van der Waals surface area contributed by atoms with Crippen molar-refractivity contribution < 1.29 is 8.78 Å². The third-order valence-corrected chi connectivity index (χ3v) is 6.64. The SMILES string of the molecule is CCN=C(N)SC1C(c2cc(Nc3nccc4cc(C#N)cnc34)cc(F)c2F)[C@@H]1C. The van der Waals surface area contributed by atoms with E-state index in [-0.39, 0.29) is 17.1 Å². The Hall–Kier alpha value is -3.25. The molecule has 0 spiro atoms. The molecule has 1 fully saturated rings. The van der Waals surface area contributed by atoms with Crippen LogP contribution < -0.4 is 11.1 Å². The molecule has 1 aliphatic carbocycles. The molecule has 0 amide bonds. The number of fused-ring (bicyclic) bond motifs is 1. The van der Waals surface area contributed by atoms with E-state index in [0.717, 1.165) is 11.5 Å². The van der Waals surface area contributed by atoms with Gasteiger partial charge in [-0.25, -0.2) is 13.8 Å². The number of pyridine rings is 2. The molecule has 3 atom stereocenters. The largest absolute Gasteiger partial charge is 0.379 e. The predicted molar refractivity (Wildman–Crippen MR) is 119 cm³/mol. The molecule has 2 aromatic heterocycles. The van der Waals surface area contributed by atoms with Crippen LogP contribution in [0.25, 0.3) is 10.9 Å². The Morgan fingerprint density at radius 1 is 1.32 bits per heavy atom. The molecule has 0 aliphatic heterocycles. The van der Waals surface area contributed by atoms with Gasteiger partial charge in [-0.15, -0.1) is 0 Å². The van der Waals surface area contributed by atoms with E-state index < -0.39 is 11.6 Å². The van der Waals surface area contributed by atoms with E-state index in [1.807, 2.05) is 19.9 Å². The lowest BCUT2D eigenvalue weighted by Crippen LogP contribution is -2.09. The van der Waals surface area contributed by atoms with Crippen LogP contribution in [-0.4, -0.2) is 26.9 Å². The van der Waals surface area contributed by atoms with Crippen molar-refractivity contribution in [2.24, 2.45) is 16.6 Å². The average Bonchev–Trinajstić information content (AvgIpc) is 3.38. The molecular formula is C22H20F2N6S. The Labute approximate surface area is 182 Å². The number of halogens is 2. The quantitative estimate of drug-likeness (QED) is 0.443. The number of nitrogens with one attached hydrogen (secondary N) is 1. The molecule has 9 heteroatoms. The molecule has 158 valence electrons. The number of aromatic nitrogens is 2. The van der Waals surface area contributed by atoms with E-state index in [1.54, 1.807) is 24.4 Å². The van der Waals surface area contributed by atoms with Gasteiger partial charge in [-0.1, -0.05) is 18.7 Å². The second kappa shape index (κ2) is 8.47. The summed E-state index contributed by atoms with van der Waals surface area (Å²) < 4.78 is 29.1. The zero-order valence-corrected chi connectivity index (χ0v) is 17.8. The maximum atomic E-state index is 14.6. The van der Waals surface area contributed by atoms with Crippen LogP contribution in [0, 0.1) is 28.9 Å². The summed E-state index contributed by atoms with van der Waals surface area (Å²) >= 11 is 1.40. The highest BCUT2D eigenvalue weighted by Crippen LogP contribution is 2.56. The normalized spacial score (nSPS) is 20.5. The number of hydrogen-bond donors (Lipinski definition) is 2. The minimum absolute atomic E-state index is 0.0428. The van der Waals surface area contributed by atoms with Crippen LogP contribution in [-0.2, 0) is 0 Å². The second-order valence-corrected chi connectivity index (χ2v) is 8.53. The number of benzene rings is 1. The summed E-state index contributed by atoms with van der Waals surface area (Å²) in [4.78, 5) is 12.7. The number of nitriles is 1. The summed E-state index contributed by atoms with van der Waals surface area (Å²) in [6, 6.07) is 8.19. The first-order valence-corrected chi connectivity index (χ1v) is 10.7. The zero-order valence-electron chi connectivity index (χ0n) is 16.9. The van der Waals surface area contributed by atoms with Gasteiger partial charge in [0.1, 0.15) is 11.6 Å². The van der Waals surface area contributed by atoms with Crippen LogP contribution >= 0.6 is 11.8 Å². The standard InChI is InChI=1S/C22H20F2N6S/c1-3-27-22(26)31-20-11(2)17(20)15-7-14(8-16(23)18(15)24)30-21-19-13(4-5-28-21)6-12(9-25)10-29-19/h4-8,10-11,17,20H,3H2,1-2H3,(H2,26,27)(H,28,30)/t11-,17?,20?/m0/s1. The third kappa shape index (κ3) is 4.16. The highest BCUT2D eigenvalue weighted by molar-refractivity contribution is 8.14. The highest BCUT2D eigenvalue weighted by atomic mass is 32.2. The van der Waals surface area contributed by atoms with Crippen LogP contribution in [0.2, 0.25) is 0 Å². The van der Waals surface area contributed by atoms with Crippen LogP contribution in [0.15, 0.2) is 41.7 Å². The predicted octanol–water partition coefficient (Wildman–Crippen LogP) is 4.69. The van der Waals surface area contributed by atoms with Crippen molar-refractivity contribution in [3.8, 4) is 6.07 Å². The van der Waals surface area contributed by atoms with Crippen molar-refractivity contribution in [3.05, 3.63) is 59.4 Å². The third-order valence-electron chi connectivity index (χ3n) is 5.28. The molecule has 0 bridgehead atoms. The van der Waals surface area contributed by atoms with E-state index in [0.29, 0.717) is 39.9 Å². The molecule has 4 rings (SSSR count). The van der Waals surface area contributed by atoms with Crippen LogP contribution in [0.3, 0.4) is 0 Å². The van der Waals surface area contributed by atoms with E-state index in [9.17, 15) is 8.78 Å². The minimum Gasteiger partial charge on any atom is -0.379 e. The van der Waals surface area contributed by atoms with Crippen LogP contribution in [0.5, 0.6) is 0 Å². The zero-order chi connectivity index (χ0) is 22.1. The fourth-order valence-electron chi connectivity index (χ4n) is 3.67. The first-order valence-electron chi connectivity index (χ1n) is 9.80. The van der Waals surface area contributed by atoms with Gasteiger partial charge < -0.3 is 11.1 Å². The van der Waals surface area contributed by atoms with Crippen molar-refractivity contribution in [3.63, 3.8) is 0 Å². The van der Waals surface area contributed by atoms with Gasteiger partial charge in [0.25, 0.3) is 0 Å². The Balaban J connectivity index is 1.65. The molecule has 3 aromatic rings. The molecular weight excluding hydrogens is 418 g/mol.